The third-order valence-corrected chi connectivity index (χ3v) is 4.13. The summed E-state index contributed by atoms with van der Waals surface area (Å²) in [6.07, 6.45) is 0. The fraction of sp³-hybridized carbons (Fsp3) is 0.222. The van der Waals surface area contributed by atoms with Crippen LogP contribution in [0, 0.1) is 6.92 Å². The van der Waals surface area contributed by atoms with E-state index < -0.39 is 11.8 Å². The van der Waals surface area contributed by atoms with Crippen LogP contribution in [0.1, 0.15) is 22.8 Å². The molecule has 2 amide bonds. The summed E-state index contributed by atoms with van der Waals surface area (Å²) in [6.45, 7) is 4.16. The van der Waals surface area contributed by atoms with Crippen molar-refractivity contribution >= 4 is 27.7 Å². The van der Waals surface area contributed by atoms with Crippen molar-refractivity contribution in [2.45, 2.75) is 13.8 Å². The monoisotopic (exact) mass is 406 g/mol. The number of carbonyl (C=O) groups excluding carboxylic acids is 2. The molecule has 132 valence electrons. The molecule has 2 aromatic rings. The number of benzene rings is 2. The maximum Gasteiger partial charge on any atom is 0.276 e. The number of carbonyl (C=O) groups is 2. The molecule has 0 fully saturated rings. The average Bonchev–Trinajstić information content (AvgIpc) is 2.61. The van der Waals surface area contributed by atoms with Crippen LogP contribution in [-0.4, -0.2) is 25.0 Å². The van der Waals surface area contributed by atoms with Gasteiger partial charge in [-0.15, -0.1) is 0 Å². The molecule has 0 aliphatic carbocycles. The van der Waals surface area contributed by atoms with Crippen LogP contribution in [0.5, 0.6) is 11.5 Å². The van der Waals surface area contributed by atoms with E-state index in [1.807, 2.05) is 26.0 Å². The minimum absolute atomic E-state index is 0.204. The number of rotatable bonds is 6. The average molecular weight is 407 g/mol. The molecule has 25 heavy (non-hydrogen) atoms. The van der Waals surface area contributed by atoms with Gasteiger partial charge in [-0.05, 0) is 61.9 Å². The van der Waals surface area contributed by atoms with Crippen molar-refractivity contribution in [3.63, 3.8) is 0 Å². The maximum atomic E-state index is 12.0. The number of halogens is 1. The number of hydrogen-bond donors (Lipinski definition) is 2. The first kappa shape index (κ1) is 18.8. The zero-order valence-corrected chi connectivity index (χ0v) is 15.6. The van der Waals surface area contributed by atoms with Crippen molar-refractivity contribution in [1.29, 1.82) is 0 Å². The fourth-order valence-electron chi connectivity index (χ4n) is 1.96. The van der Waals surface area contributed by atoms with E-state index in [0.29, 0.717) is 23.7 Å². The van der Waals surface area contributed by atoms with Crippen LogP contribution in [0.15, 0.2) is 46.9 Å². The van der Waals surface area contributed by atoms with Gasteiger partial charge in [-0.2, -0.15) is 0 Å². The first-order valence-corrected chi connectivity index (χ1v) is 8.50. The summed E-state index contributed by atoms with van der Waals surface area (Å²) in [5.41, 5.74) is 6.07. The summed E-state index contributed by atoms with van der Waals surface area (Å²) in [5.74, 6) is 0.380. The topological polar surface area (TPSA) is 76.7 Å². The quantitative estimate of drug-likeness (QED) is 0.722. The number of hydrogen-bond acceptors (Lipinski definition) is 4. The Balaban J connectivity index is 1.78. The van der Waals surface area contributed by atoms with Crippen LogP contribution < -0.4 is 20.3 Å². The summed E-state index contributed by atoms with van der Waals surface area (Å²) >= 11 is 3.40. The summed E-state index contributed by atoms with van der Waals surface area (Å²) in [7, 11) is 0. The Labute approximate surface area is 154 Å². The van der Waals surface area contributed by atoms with Gasteiger partial charge >= 0.3 is 0 Å². The highest BCUT2D eigenvalue weighted by Crippen LogP contribution is 2.21. The molecule has 0 radical (unpaired) electrons. The second-order valence-corrected chi connectivity index (χ2v) is 6.01. The molecule has 0 unspecified atom stereocenters. The lowest BCUT2D eigenvalue weighted by Gasteiger charge is -2.10. The van der Waals surface area contributed by atoms with Gasteiger partial charge in [0.25, 0.3) is 11.8 Å². The van der Waals surface area contributed by atoms with Crippen molar-refractivity contribution in [2.24, 2.45) is 0 Å². The summed E-state index contributed by atoms with van der Waals surface area (Å²) in [6, 6.07) is 12.0. The molecule has 0 spiro atoms. The molecule has 0 saturated heterocycles. The van der Waals surface area contributed by atoms with Gasteiger partial charge in [-0.25, -0.2) is 0 Å². The molecule has 0 aliphatic heterocycles. The van der Waals surface area contributed by atoms with Crippen molar-refractivity contribution in [2.75, 3.05) is 13.2 Å². The van der Waals surface area contributed by atoms with Gasteiger partial charge in [-0.1, -0.05) is 15.9 Å². The van der Waals surface area contributed by atoms with Gasteiger partial charge in [0.05, 0.1) is 6.61 Å². The Bertz CT molecular complexity index is 747. The lowest BCUT2D eigenvalue weighted by atomic mass is 10.2. The van der Waals surface area contributed by atoms with Gasteiger partial charge in [0, 0.05) is 10.0 Å². The molecule has 6 nitrogen and oxygen atoms in total. The Morgan fingerprint density at radius 2 is 1.68 bits per heavy atom. The highest BCUT2D eigenvalue weighted by Gasteiger charge is 2.08. The van der Waals surface area contributed by atoms with E-state index >= 15 is 0 Å². The zero-order valence-electron chi connectivity index (χ0n) is 14.0. The Kier molecular flexibility index (Phi) is 6.82. The highest BCUT2D eigenvalue weighted by molar-refractivity contribution is 9.10. The van der Waals surface area contributed by atoms with E-state index in [2.05, 4.69) is 26.8 Å². The fourth-order valence-corrected chi connectivity index (χ4v) is 2.21. The number of ether oxygens (including phenoxy) is 2. The van der Waals surface area contributed by atoms with Crippen molar-refractivity contribution in [1.82, 2.24) is 10.9 Å². The molecule has 0 aliphatic rings. The maximum absolute atomic E-state index is 12.0. The van der Waals surface area contributed by atoms with Crippen LogP contribution >= 0.6 is 15.9 Å². The SMILES string of the molecule is CCOc1ccc(C(=O)NNC(=O)COc2ccc(Br)c(C)c2)cc1. The van der Waals surface area contributed by atoms with E-state index in [1.54, 1.807) is 30.3 Å². The minimum Gasteiger partial charge on any atom is -0.494 e. The predicted octanol–water partition coefficient (Wildman–Crippen LogP) is 3.00. The van der Waals surface area contributed by atoms with Gasteiger partial charge in [-0.3, -0.25) is 20.4 Å². The molecule has 2 rings (SSSR count). The van der Waals surface area contributed by atoms with Crippen molar-refractivity contribution in [3.8, 4) is 11.5 Å². The lowest BCUT2D eigenvalue weighted by molar-refractivity contribution is -0.123. The molecular formula is C18H19BrN2O4. The van der Waals surface area contributed by atoms with E-state index in [4.69, 9.17) is 9.47 Å². The summed E-state index contributed by atoms with van der Waals surface area (Å²) in [4.78, 5) is 23.7. The predicted molar refractivity (Wildman–Crippen MR) is 97.6 cm³/mol. The molecule has 0 saturated carbocycles. The second-order valence-electron chi connectivity index (χ2n) is 5.16. The number of amides is 2. The van der Waals surface area contributed by atoms with Gasteiger partial charge in [0.15, 0.2) is 6.61 Å². The third kappa shape index (κ3) is 5.79. The van der Waals surface area contributed by atoms with Crippen molar-refractivity contribution < 1.29 is 19.1 Å². The first-order chi connectivity index (χ1) is 12.0. The first-order valence-electron chi connectivity index (χ1n) is 7.70. The van der Waals surface area contributed by atoms with Gasteiger partial charge < -0.3 is 9.47 Å². The van der Waals surface area contributed by atoms with Crippen LogP contribution in [0.2, 0.25) is 0 Å². The number of aryl methyl sites for hydroxylation is 1. The summed E-state index contributed by atoms with van der Waals surface area (Å²) in [5, 5.41) is 0. The van der Waals surface area contributed by atoms with E-state index in [0.717, 1.165) is 10.0 Å². The molecule has 0 bridgehead atoms. The minimum atomic E-state index is -0.458. The Morgan fingerprint density at radius 3 is 2.32 bits per heavy atom. The molecular weight excluding hydrogens is 388 g/mol. The van der Waals surface area contributed by atoms with Crippen LogP contribution in [0.25, 0.3) is 0 Å². The summed E-state index contributed by atoms with van der Waals surface area (Å²) < 4.78 is 11.7. The normalized spacial score (nSPS) is 10.0. The van der Waals surface area contributed by atoms with Crippen LogP contribution in [0.3, 0.4) is 0 Å². The van der Waals surface area contributed by atoms with Crippen LogP contribution in [-0.2, 0) is 4.79 Å². The Hall–Kier alpha value is -2.54. The van der Waals surface area contributed by atoms with E-state index in [9.17, 15) is 9.59 Å². The molecule has 0 atom stereocenters. The van der Waals surface area contributed by atoms with Gasteiger partial charge in [0.2, 0.25) is 0 Å². The Morgan fingerprint density at radius 1 is 1.00 bits per heavy atom. The van der Waals surface area contributed by atoms with E-state index in [-0.39, 0.29) is 6.61 Å². The molecule has 2 aromatic carbocycles. The lowest BCUT2D eigenvalue weighted by Crippen LogP contribution is -2.43. The highest BCUT2D eigenvalue weighted by atomic mass is 79.9. The van der Waals surface area contributed by atoms with E-state index in [1.165, 1.54) is 0 Å². The smallest absolute Gasteiger partial charge is 0.276 e. The second kappa shape index (κ2) is 9.08. The third-order valence-electron chi connectivity index (χ3n) is 3.24. The molecule has 0 aromatic heterocycles. The molecule has 2 N–H and O–H groups in total. The number of nitrogens with one attached hydrogen (secondary N) is 2. The van der Waals surface area contributed by atoms with Crippen molar-refractivity contribution in [3.05, 3.63) is 58.1 Å². The molecule has 0 heterocycles. The number of hydrazine groups is 1. The largest absolute Gasteiger partial charge is 0.494 e. The van der Waals surface area contributed by atoms with Crippen LogP contribution in [0.4, 0.5) is 0 Å². The molecule has 7 heteroatoms. The zero-order chi connectivity index (χ0) is 18.2. The van der Waals surface area contributed by atoms with Gasteiger partial charge in [0.1, 0.15) is 11.5 Å². The standard InChI is InChI=1S/C18H19BrN2O4/c1-3-24-14-6-4-13(5-7-14)18(23)21-20-17(22)11-25-15-8-9-16(19)12(2)10-15/h4-10H,3,11H2,1-2H3,(H,20,22)(H,21,23).